The molecular weight excluding hydrogens is 234 g/mol. The highest BCUT2D eigenvalue weighted by atomic mass is 16.5. The summed E-state index contributed by atoms with van der Waals surface area (Å²) in [5, 5.41) is 9.06. The molecule has 0 aromatic rings. The highest BCUT2D eigenvalue weighted by Gasteiger charge is 2.32. The minimum atomic E-state index is -0.969. The van der Waals surface area contributed by atoms with E-state index in [-0.39, 0.29) is 12.5 Å². The van der Waals surface area contributed by atoms with E-state index in [0.717, 1.165) is 6.42 Å². The van der Waals surface area contributed by atoms with E-state index in [1.165, 1.54) is 30.6 Å². The molecule has 18 heavy (non-hydrogen) atoms. The van der Waals surface area contributed by atoms with Gasteiger partial charge in [0.05, 0.1) is 13.2 Å². The molecule has 2 fully saturated rings. The van der Waals surface area contributed by atoms with Crippen molar-refractivity contribution >= 4 is 11.9 Å². The van der Waals surface area contributed by atoms with Crippen LogP contribution >= 0.6 is 0 Å². The molecule has 1 amide bonds. The van der Waals surface area contributed by atoms with Crippen molar-refractivity contribution in [2.75, 3.05) is 19.8 Å². The first-order chi connectivity index (χ1) is 8.68. The van der Waals surface area contributed by atoms with Gasteiger partial charge in [0.1, 0.15) is 0 Å². The largest absolute Gasteiger partial charge is 0.480 e. The molecule has 102 valence electrons. The molecule has 2 aliphatic rings. The fourth-order valence-corrected chi connectivity index (χ4v) is 2.88. The van der Waals surface area contributed by atoms with E-state index >= 15 is 0 Å². The molecule has 1 saturated heterocycles. The van der Waals surface area contributed by atoms with Gasteiger partial charge in [-0.1, -0.05) is 25.7 Å². The molecule has 1 aliphatic carbocycles. The van der Waals surface area contributed by atoms with Crippen molar-refractivity contribution in [3.05, 3.63) is 0 Å². The van der Waals surface area contributed by atoms with Crippen LogP contribution in [0.4, 0.5) is 0 Å². The molecule has 1 unspecified atom stereocenters. The van der Waals surface area contributed by atoms with Gasteiger partial charge in [-0.3, -0.25) is 4.79 Å². The number of carboxylic acids is 1. The van der Waals surface area contributed by atoms with Crippen LogP contribution in [0.1, 0.15) is 38.5 Å². The summed E-state index contributed by atoms with van der Waals surface area (Å²) in [6, 6.07) is -0.796. The number of ether oxygens (including phenoxy) is 1. The Kier molecular flexibility index (Phi) is 4.58. The number of amides is 1. The highest BCUT2D eigenvalue weighted by molar-refractivity contribution is 5.84. The molecule has 5 heteroatoms. The van der Waals surface area contributed by atoms with Crippen LogP contribution in [0.25, 0.3) is 0 Å². The predicted octanol–water partition coefficient (Wildman–Crippen LogP) is 1.27. The van der Waals surface area contributed by atoms with E-state index in [2.05, 4.69) is 0 Å². The molecule has 1 atom stereocenters. The molecule has 0 radical (unpaired) electrons. The Morgan fingerprint density at radius 3 is 2.67 bits per heavy atom. The molecule has 1 saturated carbocycles. The Hall–Kier alpha value is -1.10. The van der Waals surface area contributed by atoms with Crippen LogP contribution in [0.3, 0.4) is 0 Å². The zero-order valence-corrected chi connectivity index (χ0v) is 10.6. The molecular formula is C13H21NO4. The standard InChI is InChI=1S/C13H21NO4/c15-12(6-5-10-3-1-2-4-10)14-7-8-18-9-11(14)13(16)17/h10-11H,1-9H2,(H,16,17). The number of morpholine rings is 1. The first kappa shape index (κ1) is 13.3. The summed E-state index contributed by atoms with van der Waals surface area (Å²) < 4.78 is 5.13. The number of carboxylic acid groups (broad SMARTS) is 1. The normalized spacial score (nSPS) is 25.3. The van der Waals surface area contributed by atoms with E-state index in [9.17, 15) is 9.59 Å². The highest BCUT2D eigenvalue weighted by Crippen LogP contribution is 2.28. The molecule has 1 N–H and O–H groups in total. The van der Waals surface area contributed by atoms with Crippen LogP contribution in [0.15, 0.2) is 0 Å². The van der Waals surface area contributed by atoms with Gasteiger partial charge in [0.15, 0.2) is 6.04 Å². The second-order valence-electron chi connectivity index (χ2n) is 5.21. The number of carbonyl (C=O) groups is 2. The van der Waals surface area contributed by atoms with Gasteiger partial charge < -0.3 is 14.7 Å². The van der Waals surface area contributed by atoms with Crippen molar-refractivity contribution in [1.29, 1.82) is 0 Å². The number of aliphatic carboxylic acids is 1. The van der Waals surface area contributed by atoms with Gasteiger partial charge >= 0.3 is 5.97 Å². The zero-order valence-electron chi connectivity index (χ0n) is 10.6. The predicted molar refractivity (Wildman–Crippen MR) is 65.1 cm³/mol. The van der Waals surface area contributed by atoms with Crippen LogP contribution < -0.4 is 0 Å². The molecule has 5 nitrogen and oxygen atoms in total. The number of carbonyl (C=O) groups excluding carboxylic acids is 1. The molecule has 0 aromatic heterocycles. The van der Waals surface area contributed by atoms with Crippen LogP contribution in [-0.4, -0.2) is 47.7 Å². The van der Waals surface area contributed by atoms with Crippen molar-refractivity contribution in [3.63, 3.8) is 0 Å². The smallest absolute Gasteiger partial charge is 0.328 e. The average Bonchev–Trinajstić information content (AvgIpc) is 2.89. The van der Waals surface area contributed by atoms with Crippen molar-refractivity contribution in [1.82, 2.24) is 4.90 Å². The first-order valence-electron chi connectivity index (χ1n) is 6.78. The van der Waals surface area contributed by atoms with Crippen molar-refractivity contribution in [2.45, 2.75) is 44.6 Å². The second kappa shape index (κ2) is 6.18. The lowest BCUT2D eigenvalue weighted by Gasteiger charge is -2.33. The number of hydrogen-bond acceptors (Lipinski definition) is 3. The fraction of sp³-hybridized carbons (Fsp3) is 0.846. The van der Waals surface area contributed by atoms with Gasteiger partial charge in [-0.15, -0.1) is 0 Å². The zero-order chi connectivity index (χ0) is 13.0. The maximum atomic E-state index is 12.1. The Balaban J connectivity index is 1.83. The number of nitrogens with zero attached hydrogens (tertiary/aromatic N) is 1. The van der Waals surface area contributed by atoms with Crippen molar-refractivity contribution in [2.24, 2.45) is 5.92 Å². The molecule has 0 bridgehead atoms. The molecule has 0 spiro atoms. The van der Waals surface area contributed by atoms with Crippen LogP contribution in [0, 0.1) is 5.92 Å². The number of hydrogen-bond donors (Lipinski definition) is 1. The van der Waals surface area contributed by atoms with Gasteiger partial charge in [-0.25, -0.2) is 4.79 Å². The van der Waals surface area contributed by atoms with Gasteiger partial charge in [0, 0.05) is 13.0 Å². The molecule has 2 rings (SSSR count). The molecule has 0 aromatic carbocycles. The third-order valence-electron chi connectivity index (χ3n) is 3.98. The second-order valence-corrected chi connectivity index (χ2v) is 5.21. The summed E-state index contributed by atoms with van der Waals surface area (Å²) in [4.78, 5) is 24.6. The first-order valence-corrected chi connectivity index (χ1v) is 6.78. The average molecular weight is 255 g/mol. The van der Waals surface area contributed by atoms with E-state index in [0.29, 0.717) is 25.5 Å². The monoisotopic (exact) mass is 255 g/mol. The number of rotatable bonds is 4. The van der Waals surface area contributed by atoms with E-state index in [1.54, 1.807) is 0 Å². The molecule has 1 aliphatic heterocycles. The lowest BCUT2D eigenvalue weighted by molar-refractivity contribution is -0.158. The van der Waals surface area contributed by atoms with Gasteiger partial charge in [-0.05, 0) is 12.3 Å². The Morgan fingerprint density at radius 2 is 2.00 bits per heavy atom. The lowest BCUT2D eigenvalue weighted by Crippen LogP contribution is -2.52. The quantitative estimate of drug-likeness (QED) is 0.821. The summed E-state index contributed by atoms with van der Waals surface area (Å²) >= 11 is 0. The third-order valence-corrected chi connectivity index (χ3v) is 3.98. The fourth-order valence-electron chi connectivity index (χ4n) is 2.88. The minimum Gasteiger partial charge on any atom is -0.480 e. The van der Waals surface area contributed by atoms with E-state index in [1.807, 2.05) is 0 Å². The maximum absolute atomic E-state index is 12.1. The van der Waals surface area contributed by atoms with E-state index in [4.69, 9.17) is 9.84 Å². The summed E-state index contributed by atoms with van der Waals surface area (Å²) in [6.45, 7) is 0.962. The van der Waals surface area contributed by atoms with Gasteiger partial charge in [-0.2, -0.15) is 0 Å². The van der Waals surface area contributed by atoms with Crippen LogP contribution in [-0.2, 0) is 14.3 Å². The van der Waals surface area contributed by atoms with Gasteiger partial charge in [0.2, 0.25) is 5.91 Å². The summed E-state index contributed by atoms with van der Waals surface area (Å²) in [5.41, 5.74) is 0. The maximum Gasteiger partial charge on any atom is 0.328 e. The van der Waals surface area contributed by atoms with Gasteiger partial charge in [0.25, 0.3) is 0 Å². The summed E-state index contributed by atoms with van der Waals surface area (Å²) in [6.07, 6.45) is 6.37. The summed E-state index contributed by atoms with van der Waals surface area (Å²) in [7, 11) is 0. The lowest BCUT2D eigenvalue weighted by atomic mass is 10.0. The third kappa shape index (κ3) is 3.22. The van der Waals surface area contributed by atoms with Crippen LogP contribution in [0.2, 0.25) is 0 Å². The Morgan fingerprint density at radius 1 is 1.28 bits per heavy atom. The SMILES string of the molecule is O=C(O)C1COCCN1C(=O)CCC1CCCC1. The minimum absolute atomic E-state index is 0.0300. The topological polar surface area (TPSA) is 66.8 Å². The Bertz CT molecular complexity index is 312. The van der Waals surface area contributed by atoms with Crippen molar-refractivity contribution < 1.29 is 19.4 Å². The molecule has 1 heterocycles. The summed E-state index contributed by atoms with van der Waals surface area (Å²) in [5.74, 6) is -0.334. The van der Waals surface area contributed by atoms with Crippen LogP contribution in [0.5, 0.6) is 0 Å². The Labute approximate surface area is 107 Å². The van der Waals surface area contributed by atoms with E-state index < -0.39 is 12.0 Å². The van der Waals surface area contributed by atoms with Crippen molar-refractivity contribution in [3.8, 4) is 0 Å².